The molecule has 5 aliphatic rings. The van der Waals surface area contributed by atoms with Crippen molar-refractivity contribution in [2.45, 2.75) is 102 Å². The fourth-order valence-corrected chi connectivity index (χ4v) is 9.47. The van der Waals surface area contributed by atoms with Gasteiger partial charge in [-0.2, -0.15) is 4.39 Å². The Hall–Kier alpha value is -2.14. The largest absolute Gasteiger partial charge is 0.369 e. The Kier molecular flexibility index (Phi) is 11.0. The van der Waals surface area contributed by atoms with Crippen molar-refractivity contribution in [3.05, 3.63) is 17.5 Å². The van der Waals surface area contributed by atoms with Crippen LogP contribution in [0.2, 0.25) is 0 Å². The van der Waals surface area contributed by atoms with Gasteiger partial charge in [-0.05, 0) is 62.5 Å². The second-order valence-electron chi connectivity index (χ2n) is 13.7. The van der Waals surface area contributed by atoms with Crippen LogP contribution in [-0.2, 0) is 14.3 Å². The highest BCUT2D eigenvalue weighted by atomic mass is 19.1. The summed E-state index contributed by atoms with van der Waals surface area (Å²) in [6.45, 7) is 10.7. The average molecular weight is 616 g/mol. The van der Waals surface area contributed by atoms with E-state index >= 15 is 4.39 Å². The van der Waals surface area contributed by atoms with Gasteiger partial charge in [-0.25, -0.2) is 4.99 Å². The lowest BCUT2D eigenvalue weighted by atomic mass is 9.54. The van der Waals surface area contributed by atoms with Crippen LogP contribution < -0.4 is 22.1 Å². The van der Waals surface area contributed by atoms with Crippen molar-refractivity contribution in [3.63, 3.8) is 0 Å². The van der Waals surface area contributed by atoms with Crippen molar-refractivity contribution in [3.8, 4) is 0 Å². The van der Waals surface area contributed by atoms with Crippen molar-refractivity contribution >= 4 is 17.7 Å². The van der Waals surface area contributed by atoms with E-state index in [-0.39, 0.29) is 47.9 Å². The smallest absolute Gasteiger partial charge is 0.248 e. The molecule has 7 unspecified atom stereocenters. The number of hydrogen-bond donors (Lipinski definition) is 4. The van der Waals surface area contributed by atoms with Crippen LogP contribution >= 0.6 is 0 Å². The van der Waals surface area contributed by atoms with Gasteiger partial charge in [0.1, 0.15) is 6.61 Å². The summed E-state index contributed by atoms with van der Waals surface area (Å²) < 4.78 is 20.7. The Morgan fingerprint density at radius 1 is 1.25 bits per heavy atom. The first-order valence-corrected chi connectivity index (χ1v) is 17.0. The predicted octanol–water partition coefficient (Wildman–Crippen LogP) is 2.09. The number of carbonyl (C=O) groups is 2. The molecular weight excluding hydrogens is 561 g/mol. The number of rotatable bonds is 8. The number of aliphatic imine (C=N–C) groups is 1. The number of nitrogens with two attached hydrogens (primary N) is 2. The van der Waals surface area contributed by atoms with Crippen LogP contribution in [0, 0.1) is 23.2 Å². The average Bonchev–Trinajstić information content (AvgIpc) is 3.02. The summed E-state index contributed by atoms with van der Waals surface area (Å²) in [5.41, 5.74) is 13.6. The van der Waals surface area contributed by atoms with Gasteiger partial charge in [0.15, 0.2) is 5.83 Å². The van der Waals surface area contributed by atoms with E-state index in [9.17, 15) is 9.59 Å². The maximum atomic E-state index is 15.2. The van der Waals surface area contributed by atoms with Crippen LogP contribution in [0.3, 0.4) is 0 Å². The molecular formula is C33H54FN7O3. The zero-order chi connectivity index (χ0) is 31.4. The second-order valence-corrected chi connectivity index (χ2v) is 13.7. The lowest BCUT2D eigenvalue weighted by molar-refractivity contribution is -0.153. The topological polar surface area (TPSA) is 138 Å². The third-order valence-electron chi connectivity index (χ3n) is 11.5. The minimum absolute atomic E-state index is 0.0240. The lowest BCUT2D eigenvalue weighted by Gasteiger charge is -2.52. The van der Waals surface area contributed by atoms with Gasteiger partial charge in [-0.1, -0.05) is 45.1 Å². The van der Waals surface area contributed by atoms with Crippen LogP contribution in [0.15, 0.2) is 22.5 Å². The molecule has 4 fully saturated rings. The number of ether oxygens (including phenoxy) is 1. The van der Waals surface area contributed by atoms with E-state index in [2.05, 4.69) is 40.2 Å². The van der Waals surface area contributed by atoms with Gasteiger partial charge in [-0.15, -0.1) is 0 Å². The molecule has 0 radical (unpaired) electrons. The number of halogens is 1. The molecule has 0 aromatic carbocycles. The predicted molar refractivity (Wildman–Crippen MR) is 169 cm³/mol. The lowest BCUT2D eigenvalue weighted by Crippen LogP contribution is -2.68. The molecule has 3 saturated heterocycles. The number of hydrogen-bond acceptors (Lipinski definition) is 8. The Bertz CT molecular complexity index is 1130. The first-order valence-electron chi connectivity index (χ1n) is 17.0. The summed E-state index contributed by atoms with van der Waals surface area (Å²) in [5.74, 6) is 1.41. The highest BCUT2D eigenvalue weighted by Gasteiger charge is 2.52. The monoisotopic (exact) mass is 615 g/mol. The Balaban J connectivity index is 1.41. The summed E-state index contributed by atoms with van der Waals surface area (Å²) >= 11 is 0. The van der Waals surface area contributed by atoms with E-state index in [0.717, 1.165) is 63.6 Å². The van der Waals surface area contributed by atoms with E-state index < -0.39 is 24.0 Å². The molecule has 7 atom stereocenters. The third-order valence-corrected chi connectivity index (χ3v) is 11.5. The summed E-state index contributed by atoms with van der Waals surface area (Å²) in [4.78, 5) is 35.7. The molecule has 10 nitrogen and oxygen atoms in total. The fourth-order valence-electron chi connectivity index (χ4n) is 9.47. The van der Waals surface area contributed by atoms with Crippen LogP contribution in [0.4, 0.5) is 4.39 Å². The molecule has 4 heterocycles. The number of amides is 2. The molecule has 246 valence electrons. The van der Waals surface area contributed by atoms with Crippen LogP contribution in [0.25, 0.3) is 0 Å². The standard InChI is InChI=1S/C33H54FN7O3/c1-4-25-30(38-16-23(34)15-21(3)33(25,5-2)22-9-7-6-8-10-22)29(31(35)36)32(43)39-26-17-37-12-11-27(26)40-13-14-41-24(18-40)19-44-20-28(41)42/h15,22,24-27,29-31,37H,4-14,17-20,35-36H2,1-3H3,(H,39,43)/b21-15+. The zero-order valence-corrected chi connectivity index (χ0v) is 26.9. The molecule has 1 aliphatic carbocycles. The minimum atomic E-state index is -0.976. The van der Waals surface area contributed by atoms with Crippen molar-refractivity contribution in [2.75, 3.05) is 45.9 Å². The van der Waals surface area contributed by atoms with E-state index in [4.69, 9.17) is 16.2 Å². The van der Waals surface area contributed by atoms with Crippen LogP contribution in [-0.4, -0.2) is 104 Å². The highest BCUT2D eigenvalue weighted by molar-refractivity contribution is 5.81. The molecule has 0 aromatic rings. The van der Waals surface area contributed by atoms with Gasteiger partial charge in [0.25, 0.3) is 0 Å². The Morgan fingerprint density at radius 2 is 2.02 bits per heavy atom. The molecule has 4 aliphatic heterocycles. The zero-order valence-electron chi connectivity index (χ0n) is 26.9. The number of nitrogens with one attached hydrogen (secondary N) is 2. The maximum absolute atomic E-state index is 15.2. The molecule has 0 bridgehead atoms. The summed E-state index contributed by atoms with van der Waals surface area (Å²) in [6, 6.07) is -0.669. The SMILES string of the molecule is CCC1C(C(C(=O)NC2CNCCC2N2CCN3C(=O)COCC3C2)C(N)N)N=C=C(F)/C=C(\C)C1(CC)C1CCCCC1. The van der Waals surface area contributed by atoms with Gasteiger partial charge >= 0.3 is 0 Å². The van der Waals surface area contributed by atoms with E-state index in [1.165, 1.54) is 6.42 Å². The van der Waals surface area contributed by atoms with E-state index in [1.54, 1.807) is 6.08 Å². The normalized spacial score (nSPS) is 36.1. The molecule has 2 amide bonds. The summed E-state index contributed by atoms with van der Waals surface area (Å²) in [6.07, 6.45) is 8.82. The van der Waals surface area contributed by atoms with E-state index in [0.29, 0.717) is 32.2 Å². The fraction of sp³-hybridized carbons (Fsp3) is 0.818. The highest BCUT2D eigenvalue weighted by Crippen LogP contribution is 2.55. The van der Waals surface area contributed by atoms with Gasteiger partial charge in [0, 0.05) is 38.1 Å². The molecule has 1 saturated carbocycles. The van der Waals surface area contributed by atoms with Crippen molar-refractivity contribution in [1.82, 2.24) is 20.4 Å². The van der Waals surface area contributed by atoms with Crippen molar-refractivity contribution in [2.24, 2.45) is 39.6 Å². The van der Waals surface area contributed by atoms with Gasteiger partial charge in [0.2, 0.25) is 11.8 Å². The molecule has 11 heteroatoms. The number of morpholine rings is 1. The molecule has 6 N–H and O–H groups in total. The summed E-state index contributed by atoms with van der Waals surface area (Å²) in [5, 5.41) is 6.78. The number of piperazine rings is 1. The Labute approximate surface area is 262 Å². The van der Waals surface area contributed by atoms with Gasteiger partial charge in [0.05, 0.1) is 36.8 Å². The number of fused-ring (bicyclic) bond motifs is 1. The van der Waals surface area contributed by atoms with Gasteiger partial charge < -0.3 is 31.7 Å². The quantitative estimate of drug-likeness (QED) is 0.307. The van der Waals surface area contributed by atoms with Crippen molar-refractivity contribution in [1.29, 1.82) is 0 Å². The van der Waals surface area contributed by atoms with Gasteiger partial charge in [-0.3, -0.25) is 14.5 Å². The number of carbonyl (C=O) groups excluding carboxylic acids is 2. The number of piperidine rings is 1. The first kappa shape index (κ1) is 33.2. The summed E-state index contributed by atoms with van der Waals surface area (Å²) in [7, 11) is 0. The van der Waals surface area contributed by atoms with Crippen molar-refractivity contribution < 1.29 is 18.7 Å². The first-order chi connectivity index (χ1) is 21.2. The van der Waals surface area contributed by atoms with Crippen LogP contribution in [0.1, 0.15) is 72.1 Å². The molecule has 44 heavy (non-hydrogen) atoms. The minimum Gasteiger partial charge on any atom is -0.369 e. The second kappa shape index (κ2) is 14.5. The molecule has 0 spiro atoms. The molecule has 0 aromatic heterocycles. The number of allylic oxidation sites excluding steroid dienone is 3. The molecule has 5 rings (SSSR count). The third kappa shape index (κ3) is 6.55. The van der Waals surface area contributed by atoms with E-state index in [1.807, 2.05) is 11.8 Å². The van der Waals surface area contributed by atoms with Crippen LogP contribution in [0.5, 0.6) is 0 Å². The Morgan fingerprint density at radius 3 is 2.73 bits per heavy atom. The number of nitrogens with zero attached hydrogens (tertiary/aromatic N) is 3. The maximum Gasteiger partial charge on any atom is 0.248 e.